The highest BCUT2D eigenvalue weighted by atomic mass is 35.5. The molecule has 0 aliphatic carbocycles. The normalized spacial score (nSPS) is 10.6. The van der Waals surface area contributed by atoms with Gasteiger partial charge in [0, 0.05) is 22.5 Å². The molecule has 0 saturated heterocycles. The first-order valence-electron chi connectivity index (χ1n) is 9.56. The summed E-state index contributed by atoms with van der Waals surface area (Å²) in [6, 6.07) is 23.8. The predicted molar refractivity (Wildman–Crippen MR) is 122 cm³/mol. The molecule has 6 nitrogen and oxygen atoms in total. The lowest BCUT2D eigenvalue weighted by atomic mass is 10.0. The van der Waals surface area contributed by atoms with Gasteiger partial charge in [-0.1, -0.05) is 78.3 Å². The van der Waals surface area contributed by atoms with E-state index in [9.17, 15) is 14.4 Å². The lowest BCUT2D eigenvalue weighted by Gasteiger charge is -2.12. The largest absolute Gasteiger partial charge is 0.328 e. The summed E-state index contributed by atoms with van der Waals surface area (Å²) in [5.41, 5.74) is 1.41. The van der Waals surface area contributed by atoms with Crippen molar-refractivity contribution in [3.05, 3.63) is 122 Å². The van der Waals surface area contributed by atoms with Crippen molar-refractivity contribution in [1.29, 1.82) is 0 Å². The summed E-state index contributed by atoms with van der Waals surface area (Å²) < 4.78 is 0.958. The Labute approximate surface area is 182 Å². The molecule has 0 radical (unpaired) electrons. The van der Waals surface area contributed by atoms with E-state index in [1.807, 2.05) is 42.5 Å². The quantitative estimate of drug-likeness (QED) is 0.497. The first kappa shape index (κ1) is 20.4. The standard InChI is InChI=1S/C24H18ClN3O3/c25-20-12-6-4-10-17(20)15-28-23(30)19(14-26-24(28)31)22(29)27-21-13-7-5-11-18(21)16-8-2-1-3-9-16/h1-14H,15H2,(H,26,31)(H,27,29). The molecule has 0 aliphatic rings. The van der Waals surface area contributed by atoms with Crippen LogP contribution in [0.15, 0.2) is 94.6 Å². The molecular weight excluding hydrogens is 414 g/mol. The molecule has 0 aliphatic heterocycles. The van der Waals surface area contributed by atoms with Gasteiger partial charge in [0.1, 0.15) is 5.56 Å². The van der Waals surface area contributed by atoms with Crippen LogP contribution in [-0.2, 0) is 6.54 Å². The van der Waals surface area contributed by atoms with Crippen molar-refractivity contribution < 1.29 is 4.79 Å². The summed E-state index contributed by atoms with van der Waals surface area (Å²) in [6.45, 7) is -0.0461. The Hall–Kier alpha value is -3.90. The maximum absolute atomic E-state index is 12.9. The third kappa shape index (κ3) is 4.34. The van der Waals surface area contributed by atoms with Gasteiger partial charge in [-0.25, -0.2) is 4.79 Å². The van der Waals surface area contributed by atoms with E-state index < -0.39 is 17.2 Å². The van der Waals surface area contributed by atoms with Crippen molar-refractivity contribution in [3.8, 4) is 11.1 Å². The molecule has 0 spiro atoms. The van der Waals surface area contributed by atoms with Crippen molar-refractivity contribution in [2.45, 2.75) is 6.54 Å². The highest BCUT2D eigenvalue weighted by Gasteiger charge is 2.17. The van der Waals surface area contributed by atoms with Crippen LogP contribution < -0.4 is 16.6 Å². The van der Waals surface area contributed by atoms with Crippen LogP contribution >= 0.6 is 11.6 Å². The van der Waals surface area contributed by atoms with Crippen LogP contribution in [0.3, 0.4) is 0 Å². The van der Waals surface area contributed by atoms with E-state index >= 15 is 0 Å². The number of aromatic amines is 1. The average Bonchev–Trinajstić information content (AvgIpc) is 2.78. The van der Waals surface area contributed by atoms with Crippen molar-refractivity contribution in [3.63, 3.8) is 0 Å². The van der Waals surface area contributed by atoms with E-state index in [1.54, 1.807) is 36.4 Å². The average molecular weight is 432 g/mol. The molecule has 0 atom stereocenters. The van der Waals surface area contributed by atoms with Crippen molar-refractivity contribution in [1.82, 2.24) is 9.55 Å². The summed E-state index contributed by atoms with van der Waals surface area (Å²) in [7, 11) is 0. The predicted octanol–water partition coefficient (Wildman–Crippen LogP) is 4.16. The zero-order valence-electron chi connectivity index (χ0n) is 16.3. The lowest BCUT2D eigenvalue weighted by molar-refractivity contribution is 0.102. The van der Waals surface area contributed by atoms with Gasteiger partial charge in [0.15, 0.2) is 0 Å². The molecule has 4 rings (SSSR count). The summed E-state index contributed by atoms with van der Waals surface area (Å²) in [4.78, 5) is 40.6. The number of amides is 1. The van der Waals surface area contributed by atoms with Crippen LogP contribution in [0.25, 0.3) is 11.1 Å². The summed E-state index contributed by atoms with van der Waals surface area (Å²) >= 11 is 6.16. The molecule has 7 heteroatoms. The summed E-state index contributed by atoms with van der Waals surface area (Å²) in [5, 5.41) is 3.22. The molecule has 1 amide bonds. The molecule has 2 N–H and O–H groups in total. The number of hydrogen-bond donors (Lipinski definition) is 2. The molecular formula is C24H18ClN3O3. The van der Waals surface area contributed by atoms with Gasteiger partial charge < -0.3 is 10.3 Å². The number of para-hydroxylation sites is 1. The van der Waals surface area contributed by atoms with E-state index in [1.165, 1.54) is 0 Å². The second kappa shape index (κ2) is 8.85. The number of nitrogens with zero attached hydrogens (tertiary/aromatic N) is 1. The fourth-order valence-corrected chi connectivity index (χ4v) is 3.46. The van der Waals surface area contributed by atoms with E-state index in [0.717, 1.165) is 21.9 Å². The Morgan fingerprint density at radius 2 is 1.58 bits per heavy atom. The number of carbonyl (C=O) groups is 1. The van der Waals surface area contributed by atoms with Crippen molar-refractivity contribution in [2.24, 2.45) is 0 Å². The Balaban J connectivity index is 1.68. The molecule has 1 aromatic heterocycles. The number of rotatable bonds is 5. The number of nitrogens with one attached hydrogen (secondary N) is 2. The summed E-state index contributed by atoms with van der Waals surface area (Å²) in [6.07, 6.45) is 1.13. The minimum absolute atomic E-state index is 0.0461. The lowest BCUT2D eigenvalue weighted by Crippen LogP contribution is -2.39. The highest BCUT2D eigenvalue weighted by Crippen LogP contribution is 2.27. The maximum Gasteiger partial charge on any atom is 0.328 e. The van der Waals surface area contributed by atoms with E-state index in [2.05, 4.69) is 10.3 Å². The zero-order valence-corrected chi connectivity index (χ0v) is 17.1. The molecule has 0 saturated carbocycles. The molecule has 0 fully saturated rings. The smallest absolute Gasteiger partial charge is 0.321 e. The van der Waals surface area contributed by atoms with Crippen molar-refractivity contribution >= 4 is 23.2 Å². The van der Waals surface area contributed by atoms with Crippen LogP contribution in [0.2, 0.25) is 5.02 Å². The minimum atomic E-state index is -0.696. The third-order valence-electron chi connectivity index (χ3n) is 4.85. The van der Waals surface area contributed by atoms with E-state index in [-0.39, 0.29) is 12.1 Å². The minimum Gasteiger partial charge on any atom is -0.321 e. The van der Waals surface area contributed by atoms with Gasteiger partial charge >= 0.3 is 5.69 Å². The SMILES string of the molecule is O=C(Nc1ccccc1-c1ccccc1)c1c[nH]c(=O)n(Cc2ccccc2Cl)c1=O. The van der Waals surface area contributed by atoms with E-state index in [0.29, 0.717) is 16.3 Å². The number of H-pyrrole nitrogens is 1. The van der Waals surface area contributed by atoms with Gasteiger partial charge in [0.25, 0.3) is 11.5 Å². The molecule has 3 aromatic carbocycles. The number of aromatic nitrogens is 2. The van der Waals surface area contributed by atoms with Crippen LogP contribution in [0.1, 0.15) is 15.9 Å². The molecule has 31 heavy (non-hydrogen) atoms. The van der Waals surface area contributed by atoms with Crippen LogP contribution in [0.5, 0.6) is 0 Å². The highest BCUT2D eigenvalue weighted by molar-refractivity contribution is 6.31. The second-order valence-electron chi connectivity index (χ2n) is 6.86. The number of halogens is 1. The second-order valence-corrected chi connectivity index (χ2v) is 7.26. The Kier molecular flexibility index (Phi) is 5.82. The Bertz CT molecular complexity index is 1360. The molecule has 4 aromatic rings. The van der Waals surface area contributed by atoms with E-state index in [4.69, 9.17) is 11.6 Å². The van der Waals surface area contributed by atoms with Crippen LogP contribution in [-0.4, -0.2) is 15.5 Å². The molecule has 0 unspecified atom stereocenters. The molecule has 1 heterocycles. The van der Waals surface area contributed by atoms with Gasteiger partial charge in [-0.3, -0.25) is 14.2 Å². The number of benzene rings is 3. The molecule has 154 valence electrons. The fourth-order valence-electron chi connectivity index (χ4n) is 3.27. The number of hydrogen-bond acceptors (Lipinski definition) is 3. The van der Waals surface area contributed by atoms with Crippen LogP contribution in [0, 0.1) is 0 Å². The third-order valence-corrected chi connectivity index (χ3v) is 5.22. The van der Waals surface area contributed by atoms with Gasteiger partial charge in [0.2, 0.25) is 0 Å². The Morgan fingerprint density at radius 1 is 0.903 bits per heavy atom. The maximum atomic E-state index is 12.9. The van der Waals surface area contributed by atoms with Crippen LogP contribution in [0.4, 0.5) is 5.69 Å². The van der Waals surface area contributed by atoms with Gasteiger partial charge in [-0.15, -0.1) is 0 Å². The monoisotopic (exact) mass is 431 g/mol. The molecule has 0 bridgehead atoms. The topological polar surface area (TPSA) is 84.0 Å². The number of carbonyl (C=O) groups excluding carboxylic acids is 1. The Morgan fingerprint density at radius 3 is 2.35 bits per heavy atom. The first-order chi connectivity index (χ1) is 15.0. The van der Waals surface area contributed by atoms with Crippen molar-refractivity contribution in [2.75, 3.05) is 5.32 Å². The fraction of sp³-hybridized carbons (Fsp3) is 0.0417. The van der Waals surface area contributed by atoms with Gasteiger partial charge in [-0.05, 0) is 23.3 Å². The first-order valence-corrected chi connectivity index (χ1v) is 9.94. The number of anilines is 1. The zero-order chi connectivity index (χ0) is 21.8. The van der Waals surface area contributed by atoms with Gasteiger partial charge in [0.05, 0.1) is 6.54 Å². The van der Waals surface area contributed by atoms with Gasteiger partial charge in [-0.2, -0.15) is 0 Å². The summed E-state index contributed by atoms with van der Waals surface area (Å²) in [5.74, 6) is -0.613.